The van der Waals surface area contributed by atoms with Crippen LogP contribution in [0.15, 0.2) is 0 Å². The van der Waals surface area contributed by atoms with Crippen LogP contribution in [0.1, 0.15) is 45.4 Å². The molecule has 2 aliphatic rings. The average molecular weight is 282 g/mol. The molecule has 5 heteroatoms. The summed E-state index contributed by atoms with van der Waals surface area (Å²) in [6.07, 6.45) is 6.25. The molecule has 2 fully saturated rings. The van der Waals surface area contributed by atoms with Crippen LogP contribution < -0.4 is 10.6 Å². The van der Waals surface area contributed by atoms with Crippen molar-refractivity contribution in [1.29, 1.82) is 0 Å². The lowest BCUT2D eigenvalue weighted by molar-refractivity contribution is -0.127. The van der Waals surface area contributed by atoms with Gasteiger partial charge in [-0.2, -0.15) is 0 Å². The van der Waals surface area contributed by atoms with Gasteiger partial charge in [0.25, 0.3) is 0 Å². The normalized spacial score (nSPS) is 28.1. The molecule has 0 radical (unpaired) electrons. The number of unbranched alkanes of at least 4 members (excludes halogenated alkanes) is 2. The number of rotatable bonds is 8. The molecule has 0 aromatic rings. The molecule has 0 spiro atoms. The van der Waals surface area contributed by atoms with Gasteiger partial charge in [0.15, 0.2) is 0 Å². The monoisotopic (exact) mass is 282 g/mol. The number of ether oxygens (including phenoxy) is 1. The van der Waals surface area contributed by atoms with Crippen molar-refractivity contribution in [2.24, 2.45) is 11.8 Å². The number of hydrogen-bond acceptors (Lipinski definition) is 3. The fourth-order valence-electron chi connectivity index (χ4n) is 2.64. The highest BCUT2D eigenvalue weighted by Crippen LogP contribution is 2.38. The Morgan fingerprint density at radius 1 is 1.15 bits per heavy atom. The van der Waals surface area contributed by atoms with Gasteiger partial charge < -0.3 is 15.4 Å². The summed E-state index contributed by atoms with van der Waals surface area (Å²) in [4.78, 5) is 23.7. The van der Waals surface area contributed by atoms with Crippen LogP contribution in [0.5, 0.6) is 0 Å². The third kappa shape index (κ3) is 4.47. The van der Waals surface area contributed by atoms with E-state index >= 15 is 0 Å². The third-order valence-electron chi connectivity index (χ3n) is 4.07. The van der Waals surface area contributed by atoms with E-state index in [1.165, 1.54) is 0 Å². The van der Waals surface area contributed by atoms with Gasteiger partial charge in [0, 0.05) is 19.7 Å². The second-order valence-corrected chi connectivity index (χ2v) is 5.83. The number of amides is 2. The molecular formula is C15H26N2O3. The first-order valence-electron chi connectivity index (χ1n) is 7.89. The smallest absolute Gasteiger partial charge is 0.224 e. The summed E-state index contributed by atoms with van der Waals surface area (Å²) in [5.74, 6) is -0.184. The first kappa shape index (κ1) is 15.3. The molecule has 3 unspecified atom stereocenters. The van der Waals surface area contributed by atoms with E-state index in [-0.39, 0.29) is 29.8 Å². The lowest BCUT2D eigenvalue weighted by Crippen LogP contribution is -2.34. The van der Waals surface area contributed by atoms with Crippen molar-refractivity contribution in [3.05, 3.63) is 0 Å². The van der Waals surface area contributed by atoms with Gasteiger partial charge in [-0.05, 0) is 25.7 Å². The summed E-state index contributed by atoms with van der Waals surface area (Å²) in [7, 11) is 0. The van der Waals surface area contributed by atoms with Crippen LogP contribution in [-0.4, -0.2) is 37.6 Å². The Balaban J connectivity index is 1.58. The zero-order valence-electron chi connectivity index (χ0n) is 12.3. The quantitative estimate of drug-likeness (QED) is 0.658. The van der Waals surface area contributed by atoms with Crippen LogP contribution in [0.25, 0.3) is 0 Å². The maximum atomic E-state index is 11.9. The van der Waals surface area contributed by atoms with Gasteiger partial charge in [-0.3, -0.25) is 9.59 Å². The highest BCUT2D eigenvalue weighted by molar-refractivity contribution is 5.92. The van der Waals surface area contributed by atoms with E-state index in [0.29, 0.717) is 13.0 Å². The molecule has 2 rings (SSSR count). The predicted molar refractivity (Wildman–Crippen MR) is 76.1 cm³/mol. The standard InChI is InChI=1S/C15H26N2O3/c1-2-3-4-7-16-14(18)12-9-13(12)15(19)17-10-11-6-5-8-20-11/h11-13H,2-10H2,1H3,(H,16,18)(H,17,19). The van der Waals surface area contributed by atoms with Gasteiger partial charge in [-0.15, -0.1) is 0 Å². The molecular weight excluding hydrogens is 256 g/mol. The summed E-state index contributed by atoms with van der Waals surface area (Å²) in [5.41, 5.74) is 0. The lowest BCUT2D eigenvalue weighted by Gasteiger charge is -2.10. The van der Waals surface area contributed by atoms with E-state index in [0.717, 1.165) is 45.3 Å². The first-order valence-corrected chi connectivity index (χ1v) is 7.89. The summed E-state index contributed by atoms with van der Waals surface area (Å²) in [6.45, 7) is 4.25. The highest BCUT2D eigenvalue weighted by atomic mass is 16.5. The minimum Gasteiger partial charge on any atom is -0.376 e. The molecule has 20 heavy (non-hydrogen) atoms. The summed E-state index contributed by atoms with van der Waals surface area (Å²) >= 11 is 0. The van der Waals surface area contributed by atoms with Crippen LogP contribution in [0.3, 0.4) is 0 Å². The molecule has 2 N–H and O–H groups in total. The van der Waals surface area contributed by atoms with E-state index in [1.807, 2.05) is 0 Å². The molecule has 0 aromatic heterocycles. The van der Waals surface area contributed by atoms with Crippen molar-refractivity contribution < 1.29 is 14.3 Å². The molecule has 1 saturated heterocycles. The van der Waals surface area contributed by atoms with E-state index in [1.54, 1.807) is 0 Å². The van der Waals surface area contributed by atoms with E-state index in [9.17, 15) is 9.59 Å². The number of hydrogen-bond donors (Lipinski definition) is 2. The molecule has 5 nitrogen and oxygen atoms in total. The van der Waals surface area contributed by atoms with Gasteiger partial charge in [0.1, 0.15) is 0 Å². The van der Waals surface area contributed by atoms with Crippen molar-refractivity contribution in [3.63, 3.8) is 0 Å². The second kappa shape index (κ2) is 7.62. The molecule has 0 aromatic carbocycles. The van der Waals surface area contributed by atoms with Crippen LogP contribution in [0.2, 0.25) is 0 Å². The van der Waals surface area contributed by atoms with Gasteiger partial charge >= 0.3 is 0 Å². The van der Waals surface area contributed by atoms with Gasteiger partial charge in [-0.25, -0.2) is 0 Å². The Kier molecular flexibility index (Phi) is 5.83. The largest absolute Gasteiger partial charge is 0.376 e. The van der Waals surface area contributed by atoms with Gasteiger partial charge in [0.2, 0.25) is 11.8 Å². The van der Waals surface area contributed by atoms with Crippen LogP contribution in [0.4, 0.5) is 0 Å². The van der Waals surface area contributed by atoms with Crippen molar-refractivity contribution in [3.8, 4) is 0 Å². The fourth-order valence-corrected chi connectivity index (χ4v) is 2.64. The van der Waals surface area contributed by atoms with Gasteiger partial charge in [-0.1, -0.05) is 19.8 Å². The van der Waals surface area contributed by atoms with Crippen LogP contribution in [0, 0.1) is 11.8 Å². The molecule has 1 aliphatic heterocycles. The number of carbonyl (C=O) groups is 2. The van der Waals surface area contributed by atoms with Crippen molar-refractivity contribution in [2.45, 2.75) is 51.6 Å². The van der Waals surface area contributed by atoms with E-state index in [4.69, 9.17) is 4.74 Å². The molecule has 2 amide bonds. The molecule has 1 saturated carbocycles. The van der Waals surface area contributed by atoms with Crippen molar-refractivity contribution >= 4 is 11.8 Å². The molecule has 1 aliphatic carbocycles. The summed E-state index contributed by atoms with van der Waals surface area (Å²) < 4.78 is 5.46. The fraction of sp³-hybridized carbons (Fsp3) is 0.867. The van der Waals surface area contributed by atoms with Crippen molar-refractivity contribution in [2.75, 3.05) is 19.7 Å². The predicted octanol–water partition coefficient (Wildman–Crippen LogP) is 1.22. The van der Waals surface area contributed by atoms with Gasteiger partial charge in [0.05, 0.1) is 17.9 Å². The Labute approximate surface area is 120 Å². The second-order valence-electron chi connectivity index (χ2n) is 5.83. The maximum Gasteiger partial charge on any atom is 0.224 e. The van der Waals surface area contributed by atoms with Crippen LogP contribution >= 0.6 is 0 Å². The highest BCUT2D eigenvalue weighted by Gasteiger charge is 2.47. The summed E-state index contributed by atoms with van der Waals surface area (Å²) in [6, 6.07) is 0. The zero-order chi connectivity index (χ0) is 14.4. The number of nitrogens with one attached hydrogen (secondary N) is 2. The zero-order valence-corrected chi connectivity index (χ0v) is 12.3. The average Bonchev–Trinajstić information content (AvgIpc) is 3.09. The van der Waals surface area contributed by atoms with E-state index in [2.05, 4.69) is 17.6 Å². The molecule has 3 atom stereocenters. The third-order valence-corrected chi connectivity index (χ3v) is 4.07. The Morgan fingerprint density at radius 3 is 2.55 bits per heavy atom. The van der Waals surface area contributed by atoms with E-state index < -0.39 is 0 Å². The SMILES string of the molecule is CCCCCNC(=O)C1CC1C(=O)NCC1CCCO1. The van der Waals surface area contributed by atoms with Crippen LogP contribution in [-0.2, 0) is 14.3 Å². The molecule has 1 heterocycles. The maximum absolute atomic E-state index is 11.9. The topological polar surface area (TPSA) is 67.4 Å². The Morgan fingerprint density at radius 2 is 1.90 bits per heavy atom. The summed E-state index contributed by atoms with van der Waals surface area (Å²) in [5, 5.41) is 5.82. The Hall–Kier alpha value is -1.10. The minimum atomic E-state index is -0.123. The lowest BCUT2D eigenvalue weighted by atomic mass is 10.2. The number of carbonyl (C=O) groups excluding carboxylic acids is 2. The molecule has 114 valence electrons. The first-order chi connectivity index (χ1) is 9.72. The minimum absolute atomic E-state index is 0.00853. The molecule has 0 bridgehead atoms. The van der Waals surface area contributed by atoms with Crippen molar-refractivity contribution in [1.82, 2.24) is 10.6 Å². The Bertz CT molecular complexity index is 340.